The molecule has 2 aromatic heterocycles. The number of imidazole rings is 1. The number of hydrogen-bond donors (Lipinski definition) is 0. The molecule has 0 bridgehead atoms. The zero-order chi connectivity index (χ0) is 14.1. The van der Waals surface area contributed by atoms with Gasteiger partial charge in [0.2, 0.25) is 0 Å². The summed E-state index contributed by atoms with van der Waals surface area (Å²) in [6, 6.07) is 8.59. The number of nitrogens with zero attached hydrogens (tertiary/aromatic N) is 2. The van der Waals surface area contributed by atoms with Crippen LogP contribution in [0.15, 0.2) is 29.6 Å². The molecule has 0 aliphatic carbocycles. The van der Waals surface area contributed by atoms with E-state index in [1.54, 1.807) is 11.3 Å². The molecule has 0 unspecified atom stereocenters. The molecule has 1 aromatic carbocycles. The molecule has 0 fully saturated rings. The van der Waals surface area contributed by atoms with E-state index in [-0.39, 0.29) is 0 Å². The van der Waals surface area contributed by atoms with Gasteiger partial charge in [-0.15, -0.1) is 22.9 Å². The van der Waals surface area contributed by atoms with Gasteiger partial charge in [0, 0.05) is 17.2 Å². The van der Waals surface area contributed by atoms with Crippen molar-refractivity contribution < 1.29 is 0 Å². The smallest absolute Gasteiger partial charge is 0.111 e. The third-order valence-corrected chi connectivity index (χ3v) is 4.77. The number of aryl methyl sites for hydroxylation is 3. The van der Waals surface area contributed by atoms with Crippen molar-refractivity contribution in [1.29, 1.82) is 0 Å². The summed E-state index contributed by atoms with van der Waals surface area (Å²) in [5.41, 5.74) is 4.88. The lowest BCUT2D eigenvalue weighted by atomic mass is 10.2. The monoisotopic (exact) mass is 304 g/mol. The number of thiophene rings is 1. The van der Waals surface area contributed by atoms with Gasteiger partial charge >= 0.3 is 0 Å². The molecule has 104 valence electrons. The quantitative estimate of drug-likeness (QED) is 0.647. The maximum absolute atomic E-state index is 5.93. The normalized spacial score (nSPS) is 11.3. The van der Waals surface area contributed by atoms with Crippen LogP contribution in [0.2, 0.25) is 0 Å². The largest absolute Gasteiger partial charge is 0.323 e. The van der Waals surface area contributed by atoms with Crippen LogP contribution in [0.1, 0.15) is 21.8 Å². The lowest BCUT2D eigenvalue weighted by Crippen LogP contribution is -2.05. The van der Waals surface area contributed by atoms with Crippen LogP contribution >= 0.6 is 22.9 Å². The Morgan fingerprint density at radius 3 is 2.80 bits per heavy atom. The first-order valence-electron chi connectivity index (χ1n) is 6.73. The third-order valence-electron chi connectivity index (χ3n) is 3.57. The van der Waals surface area contributed by atoms with Crippen LogP contribution in [0, 0.1) is 13.8 Å². The van der Waals surface area contributed by atoms with Crippen molar-refractivity contribution >= 4 is 34.0 Å². The molecule has 0 spiro atoms. The zero-order valence-electron chi connectivity index (χ0n) is 11.7. The Morgan fingerprint density at radius 2 is 2.10 bits per heavy atom. The molecule has 0 amide bonds. The predicted octanol–water partition coefficient (Wildman–Crippen LogP) is 4.54. The van der Waals surface area contributed by atoms with Gasteiger partial charge in [-0.1, -0.05) is 6.07 Å². The van der Waals surface area contributed by atoms with Crippen LogP contribution in [0.25, 0.3) is 11.0 Å². The Labute approximate surface area is 128 Å². The first-order valence-corrected chi connectivity index (χ1v) is 8.15. The maximum Gasteiger partial charge on any atom is 0.111 e. The highest BCUT2D eigenvalue weighted by atomic mass is 35.5. The van der Waals surface area contributed by atoms with E-state index in [9.17, 15) is 0 Å². The van der Waals surface area contributed by atoms with E-state index in [1.807, 2.05) is 0 Å². The lowest BCUT2D eigenvalue weighted by Gasteiger charge is -2.08. The van der Waals surface area contributed by atoms with Gasteiger partial charge in [-0.25, -0.2) is 4.98 Å². The summed E-state index contributed by atoms with van der Waals surface area (Å²) in [5.74, 6) is 1.68. The Hall–Kier alpha value is -1.32. The molecule has 0 saturated heterocycles. The van der Waals surface area contributed by atoms with Gasteiger partial charge in [0.05, 0.1) is 17.6 Å². The molecular weight excluding hydrogens is 288 g/mol. The second-order valence-corrected chi connectivity index (χ2v) is 6.45. The standard InChI is InChI=1S/C16H17ClN2S/c1-11-3-4-13-14(9-11)19(16(18-13)5-7-17)10-15-12(2)6-8-20-15/h3-4,6,8-9H,5,7,10H2,1-2H3. The summed E-state index contributed by atoms with van der Waals surface area (Å²) < 4.78 is 2.31. The summed E-state index contributed by atoms with van der Waals surface area (Å²) >= 11 is 7.74. The minimum absolute atomic E-state index is 0.603. The van der Waals surface area contributed by atoms with Crippen molar-refractivity contribution in [3.8, 4) is 0 Å². The summed E-state index contributed by atoms with van der Waals surface area (Å²) in [6.07, 6.45) is 0.805. The fraction of sp³-hybridized carbons (Fsp3) is 0.312. The molecule has 2 heterocycles. The van der Waals surface area contributed by atoms with Crippen molar-refractivity contribution in [3.05, 3.63) is 51.5 Å². The van der Waals surface area contributed by atoms with E-state index >= 15 is 0 Å². The number of alkyl halides is 1. The summed E-state index contributed by atoms with van der Waals surface area (Å²) in [4.78, 5) is 6.13. The Kier molecular flexibility index (Phi) is 3.81. The van der Waals surface area contributed by atoms with Crippen LogP contribution in [-0.2, 0) is 13.0 Å². The van der Waals surface area contributed by atoms with Crippen molar-refractivity contribution in [2.75, 3.05) is 5.88 Å². The van der Waals surface area contributed by atoms with Gasteiger partial charge in [0.15, 0.2) is 0 Å². The first-order chi connectivity index (χ1) is 9.69. The highest BCUT2D eigenvalue weighted by Crippen LogP contribution is 2.23. The van der Waals surface area contributed by atoms with E-state index in [4.69, 9.17) is 16.6 Å². The van der Waals surface area contributed by atoms with Crippen LogP contribution < -0.4 is 0 Å². The summed E-state index contributed by atoms with van der Waals surface area (Å²) in [7, 11) is 0. The van der Waals surface area contributed by atoms with Crippen molar-refractivity contribution in [1.82, 2.24) is 9.55 Å². The number of benzene rings is 1. The Morgan fingerprint density at radius 1 is 1.25 bits per heavy atom. The molecule has 0 atom stereocenters. The molecule has 20 heavy (non-hydrogen) atoms. The number of halogens is 1. The van der Waals surface area contributed by atoms with Crippen LogP contribution in [0.4, 0.5) is 0 Å². The van der Waals surface area contributed by atoms with E-state index < -0.39 is 0 Å². The second-order valence-electron chi connectivity index (χ2n) is 5.07. The maximum atomic E-state index is 5.93. The lowest BCUT2D eigenvalue weighted by molar-refractivity contribution is 0.760. The van der Waals surface area contributed by atoms with E-state index in [0.29, 0.717) is 5.88 Å². The van der Waals surface area contributed by atoms with Gasteiger partial charge < -0.3 is 4.57 Å². The van der Waals surface area contributed by atoms with E-state index in [2.05, 4.69) is 48.1 Å². The molecule has 0 radical (unpaired) electrons. The highest BCUT2D eigenvalue weighted by molar-refractivity contribution is 7.10. The van der Waals surface area contributed by atoms with Gasteiger partial charge in [-0.2, -0.15) is 0 Å². The van der Waals surface area contributed by atoms with Crippen LogP contribution in [-0.4, -0.2) is 15.4 Å². The average Bonchev–Trinajstić information content (AvgIpc) is 2.96. The topological polar surface area (TPSA) is 17.8 Å². The fourth-order valence-electron chi connectivity index (χ4n) is 2.44. The Balaban J connectivity index is 2.12. The molecule has 0 saturated carbocycles. The molecule has 0 aliphatic heterocycles. The van der Waals surface area contributed by atoms with E-state index in [1.165, 1.54) is 21.5 Å². The molecule has 3 aromatic rings. The second kappa shape index (κ2) is 5.58. The molecule has 4 heteroatoms. The SMILES string of the molecule is Cc1ccc2nc(CCCl)n(Cc3sccc3C)c2c1. The molecular formula is C16H17ClN2S. The highest BCUT2D eigenvalue weighted by Gasteiger charge is 2.12. The van der Waals surface area contributed by atoms with Gasteiger partial charge in [0.1, 0.15) is 5.82 Å². The van der Waals surface area contributed by atoms with E-state index in [0.717, 1.165) is 24.3 Å². The fourth-order valence-corrected chi connectivity index (χ4v) is 3.51. The number of aromatic nitrogens is 2. The molecule has 2 nitrogen and oxygen atoms in total. The average molecular weight is 305 g/mol. The van der Waals surface area contributed by atoms with Crippen molar-refractivity contribution in [2.45, 2.75) is 26.8 Å². The molecule has 3 rings (SSSR count). The summed E-state index contributed by atoms with van der Waals surface area (Å²) in [6.45, 7) is 5.17. The van der Waals surface area contributed by atoms with Gasteiger partial charge in [-0.05, 0) is 48.6 Å². The van der Waals surface area contributed by atoms with Crippen molar-refractivity contribution in [3.63, 3.8) is 0 Å². The van der Waals surface area contributed by atoms with Crippen LogP contribution in [0.3, 0.4) is 0 Å². The molecule has 0 N–H and O–H groups in total. The number of hydrogen-bond acceptors (Lipinski definition) is 2. The van der Waals surface area contributed by atoms with Crippen LogP contribution in [0.5, 0.6) is 0 Å². The number of rotatable bonds is 4. The van der Waals surface area contributed by atoms with Gasteiger partial charge in [-0.3, -0.25) is 0 Å². The molecule has 0 aliphatic rings. The third kappa shape index (κ3) is 2.48. The number of fused-ring (bicyclic) bond motifs is 1. The summed E-state index contributed by atoms with van der Waals surface area (Å²) in [5, 5.41) is 2.15. The predicted molar refractivity (Wildman–Crippen MR) is 87.1 cm³/mol. The zero-order valence-corrected chi connectivity index (χ0v) is 13.3. The van der Waals surface area contributed by atoms with Gasteiger partial charge in [0.25, 0.3) is 0 Å². The van der Waals surface area contributed by atoms with Crippen molar-refractivity contribution in [2.24, 2.45) is 0 Å². The first kappa shape index (κ1) is 13.7. The Bertz CT molecular complexity index is 742. The minimum atomic E-state index is 0.603. The minimum Gasteiger partial charge on any atom is -0.323 e.